The van der Waals surface area contributed by atoms with Gasteiger partial charge in [0.05, 0.1) is 18.8 Å². The average molecular weight is 296 g/mol. The van der Waals surface area contributed by atoms with Crippen LogP contribution in [-0.2, 0) is 0 Å². The number of aliphatic hydroxyl groups is 1. The Balaban J connectivity index is 2.05. The summed E-state index contributed by atoms with van der Waals surface area (Å²) in [6, 6.07) is 3.63. The van der Waals surface area contributed by atoms with Gasteiger partial charge >= 0.3 is 0 Å². The van der Waals surface area contributed by atoms with Crippen LogP contribution in [0.1, 0.15) is 30.1 Å². The van der Waals surface area contributed by atoms with Crippen molar-refractivity contribution < 1.29 is 19.0 Å². The van der Waals surface area contributed by atoms with E-state index in [1.54, 1.807) is 6.92 Å². The number of amides is 1. The Bertz CT molecular complexity index is 516. The average Bonchev–Trinajstić information content (AvgIpc) is 2.47. The molecule has 1 aliphatic heterocycles. The minimum atomic E-state index is -0.925. The van der Waals surface area contributed by atoms with Gasteiger partial charge in [-0.15, -0.1) is 0 Å². The maximum atomic E-state index is 13.6. The number of carbonyl (C=O) groups excluding carboxylic acids is 1. The second kappa shape index (κ2) is 6.41. The molecule has 1 heterocycles. The topological polar surface area (TPSA) is 70.6 Å². The number of benzene rings is 1. The van der Waals surface area contributed by atoms with E-state index >= 15 is 0 Å². The lowest BCUT2D eigenvalue weighted by Crippen LogP contribution is -2.55. The van der Waals surface area contributed by atoms with Gasteiger partial charge in [-0.3, -0.25) is 4.79 Å². The van der Waals surface area contributed by atoms with Gasteiger partial charge in [-0.2, -0.15) is 0 Å². The number of nitrogens with one attached hydrogen (secondary N) is 2. The van der Waals surface area contributed by atoms with Gasteiger partial charge in [-0.25, -0.2) is 4.39 Å². The van der Waals surface area contributed by atoms with E-state index in [1.807, 2.05) is 0 Å². The summed E-state index contributed by atoms with van der Waals surface area (Å²) >= 11 is 0. The maximum absolute atomic E-state index is 13.6. The Kier molecular flexibility index (Phi) is 4.80. The first kappa shape index (κ1) is 15.7. The SMILES string of the molecule is COc1ccc(C(=O)NC(C)C2(O)CCNCC2)cc1F. The molecule has 1 aromatic rings. The highest BCUT2D eigenvalue weighted by atomic mass is 19.1. The fraction of sp³-hybridized carbons (Fsp3) is 0.533. The molecule has 0 radical (unpaired) electrons. The highest BCUT2D eigenvalue weighted by Gasteiger charge is 2.36. The standard InChI is InChI=1S/C15H21FN2O3/c1-10(15(20)5-7-17-8-6-15)18-14(19)11-3-4-13(21-2)12(16)9-11/h3-4,9-10,17,20H,5-8H2,1-2H3,(H,18,19). The first-order valence-electron chi connectivity index (χ1n) is 7.04. The normalized spacial score (nSPS) is 18.9. The van der Waals surface area contributed by atoms with Crippen molar-refractivity contribution in [3.8, 4) is 5.75 Å². The van der Waals surface area contributed by atoms with Crippen LogP contribution in [-0.4, -0.2) is 42.9 Å². The van der Waals surface area contributed by atoms with Crippen LogP contribution >= 0.6 is 0 Å². The first-order chi connectivity index (χ1) is 9.96. The van der Waals surface area contributed by atoms with Gasteiger partial charge in [0.15, 0.2) is 11.6 Å². The number of hydrogen-bond acceptors (Lipinski definition) is 4. The van der Waals surface area contributed by atoms with Gasteiger partial charge in [0.25, 0.3) is 5.91 Å². The Morgan fingerprint density at radius 2 is 2.14 bits per heavy atom. The number of piperidine rings is 1. The fourth-order valence-electron chi connectivity index (χ4n) is 2.51. The first-order valence-corrected chi connectivity index (χ1v) is 7.04. The second-order valence-electron chi connectivity index (χ2n) is 5.40. The van der Waals surface area contributed by atoms with Crippen LogP contribution in [0.15, 0.2) is 18.2 Å². The van der Waals surface area contributed by atoms with Crippen LogP contribution in [0.3, 0.4) is 0 Å². The van der Waals surface area contributed by atoms with Crippen molar-refractivity contribution in [3.63, 3.8) is 0 Å². The van der Waals surface area contributed by atoms with Crippen LogP contribution in [0.2, 0.25) is 0 Å². The number of hydrogen-bond donors (Lipinski definition) is 3. The zero-order valence-corrected chi connectivity index (χ0v) is 12.3. The minimum Gasteiger partial charge on any atom is -0.494 e. The van der Waals surface area contributed by atoms with Crippen LogP contribution in [0.5, 0.6) is 5.75 Å². The Labute approximate surface area is 123 Å². The van der Waals surface area contributed by atoms with Crippen molar-refractivity contribution >= 4 is 5.91 Å². The summed E-state index contributed by atoms with van der Waals surface area (Å²) in [7, 11) is 1.37. The lowest BCUT2D eigenvalue weighted by molar-refractivity contribution is -0.0179. The van der Waals surface area contributed by atoms with E-state index in [2.05, 4.69) is 10.6 Å². The summed E-state index contributed by atoms with van der Waals surface area (Å²) < 4.78 is 18.4. The fourth-order valence-corrected chi connectivity index (χ4v) is 2.51. The van der Waals surface area contributed by atoms with Crippen LogP contribution in [0.4, 0.5) is 4.39 Å². The van der Waals surface area contributed by atoms with E-state index in [1.165, 1.54) is 19.2 Å². The van der Waals surface area contributed by atoms with Crippen LogP contribution in [0.25, 0.3) is 0 Å². The summed E-state index contributed by atoms with van der Waals surface area (Å²) in [4.78, 5) is 12.1. The molecule has 1 aromatic carbocycles. The second-order valence-corrected chi connectivity index (χ2v) is 5.40. The lowest BCUT2D eigenvalue weighted by Gasteiger charge is -2.38. The highest BCUT2D eigenvalue weighted by molar-refractivity contribution is 5.94. The van der Waals surface area contributed by atoms with Gasteiger partial charge in [-0.05, 0) is 51.1 Å². The lowest BCUT2D eigenvalue weighted by atomic mass is 9.85. The van der Waals surface area contributed by atoms with E-state index in [0.717, 1.165) is 6.07 Å². The third kappa shape index (κ3) is 3.51. The predicted octanol–water partition coefficient (Wildman–Crippen LogP) is 1.07. The summed E-state index contributed by atoms with van der Waals surface area (Å²) in [5.41, 5.74) is -0.718. The smallest absolute Gasteiger partial charge is 0.251 e. The molecule has 0 spiro atoms. The number of carbonyl (C=O) groups is 1. The molecule has 1 amide bonds. The van der Waals surface area contributed by atoms with Crippen molar-refractivity contribution in [1.82, 2.24) is 10.6 Å². The van der Waals surface area contributed by atoms with E-state index in [0.29, 0.717) is 25.9 Å². The molecule has 1 fully saturated rings. The van der Waals surface area contributed by atoms with Gasteiger partial charge in [0.2, 0.25) is 0 Å². The molecule has 3 N–H and O–H groups in total. The zero-order chi connectivity index (χ0) is 15.5. The van der Waals surface area contributed by atoms with E-state index in [4.69, 9.17) is 4.74 Å². The third-order valence-electron chi connectivity index (χ3n) is 4.04. The summed E-state index contributed by atoms with van der Waals surface area (Å²) in [6.07, 6.45) is 1.15. The highest BCUT2D eigenvalue weighted by Crippen LogP contribution is 2.23. The van der Waals surface area contributed by atoms with Crippen molar-refractivity contribution in [2.24, 2.45) is 0 Å². The molecule has 1 saturated heterocycles. The Morgan fingerprint density at radius 3 is 2.71 bits per heavy atom. The molecule has 0 aromatic heterocycles. The van der Waals surface area contributed by atoms with Gasteiger partial charge in [0, 0.05) is 5.56 Å². The minimum absolute atomic E-state index is 0.0941. The zero-order valence-electron chi connectivity index (χ0n) is 12.3. The Morgan fingerprint density at radius 1 is 1.48 bits per heavy atom. The molecule has 1 unspecified atom stereocenters. The Hall–Kier alpha value is -1.66. The number of rotatable bonds is 4. The van der Waals surface area contributed by atoms with Crippen molar-refractivity contribution in [2.75, 3.05) is 20.2 Å². The van der Waals surface area contributed by atoms with Crippen LogP contribution < -0.4 is 15.4 Å². The maximum Gasteiger partial charge on any atom is 0.251 e. The summed E-state index contributed by atoms with van der Waals surface area (Å²) in [6.45, 7) is 3.20. The van der Waals surface area contributed by atoms with Crippen LogP contribution in [0, 0.1) is 5.82 Å². The number of halogens is 1. The molecule has 6 heteroatoms. The van der Waals surface area contributed by atoms with E-state index < -0.39 is 23.4 Å². The van der Waals surface area contributed by atoms with Gasteiger partial charge in [0.1, 0.15) is 0 Å². The van der Waals surface area contributed by atoms with Gasteiger partial charge in [-0.1, -0.05) is 0 Å². The van der Waals surface area contributed by atoms with E-state index in [9.17, 15) is 14.3 Å². The molecular weight excluding hydrogens is 275 g/mol. The molecular formula is C15H21FN2O3. The molecule has 2 rings (SSSR count). The molecule has 0 bridgehead atoms. The van der Waals surface area contributed by atoms with Gasteiger partial charge < -0.3 is 20.5 Å². The summed E-state index contributed by atoms with van der Waals surface area (Å²) in [5, 5.41) is 16.4. The summed E-state index contributed by atoms with van der Waals surface area (Å²) in [5.74, 6) is -0.897. The third-order valence-corrected chi connectivity index (χ3v) is 4.04. The molecule has 116 valence electrons. The molecule has 1 atom stereocenters. The number of ether oxygens (including phenoxy) is 1. The quantitative estimate of drug-likeness (QED) is 0.777. The van der Waals surface area contributed by atoms with Crippen molar-refractivity contribution in [2.45, 2.75) is 31.4 Å². The molecule has 21 heavy (non-hydrogen) atoms. The molecule has 1 aliphatic rings. The molecule has 5 nitrogen and oxygen atoms in total. The van der Waals surface area contributed by atoms with E-state index in [-0.39, 0.29) is 11.3 Å². The monoisotopic (exact) mass is 296 g/mol. The molecule has 0 aliphatic carbocycles. The largest absolute Gasteiger partial charge is 0.494 e. The molecule has 0 saturated carbocycles. The van der Waals surface area contributed by atoms with Crippen molar-refractivity contribution in [1.29, 1.82) is 0 Å². The predicted molar refractivity (Wildman–Crippen MR) is 76.9 cm³/mol. The number of methoxy groups -OCH3 is 1. The van der Waals surface area contributed by atoms with Crippen molar-refractivity contribution in [3.05, 3.63) is 29.6 Å².